The lowest BCUT2D eigenvalue weighted by molar-refractivity contribution is 0.595. The number of hydrogen-bond acceptors (Lipinski definition) is 5. The lowest BCUT2D eigenvalue weighted by Crippen LogP contribution is -2.38. The fourth-order valence-corrected chi connectivity index (χ4v) is 4.68. The summed E-state index contributed by atoms with van der Waals surface area (Å²) in [6.45, 7) is 0. The Labute approximate surface area is 114 Å². The summed E-state index contributed by atoms with van der Waals surface area (Å²) in [5, 5.41) is 12.5. The number of hydrogen-bond donors (Lipinski definition) is 1. The highest BCUT2D eigenvalue weighted by molar-refractivity contribution is 7.99. The van der Waals surface area contributed by atoms with Gasteiger partial charge >= 0.3 is 0 Å². The van der Waals surface area contributed by atoms with Crippen molar-refractivity contribution in [3.8, 4) is 0 Å². The van der Waals surface area contributed by atoms with Crippen LogP contribution in [0.3, 0.4) is 0 Å². The number of nitrogens with one attached hydrogen (secondary N) is 1. The topological polar surface area (TPSA) is 42.7 Å². The monoisotopic (exact) mass is 278 g/mol. The lowest BCUT2D eigenvalue weighted by Gasteiger charge is -2.28. The molecule has 0 aromatic carbocycles. The van der Waals surface area contributed by atoms with E-state index >= 15 is 0 Å². The maximum absolute atomic E-state index is 4.34. The van der Waals surface area contributed by atoms with Gasteiger partial charge in [0.25, 0.3) is 0 Å². The first-order valence-electron chi connectivity index (χ1n) is 6.30. The van der Waals surface area contributed by atoms with Crippen LogP contribution in [0.4, 0.5) is 0 Å². The van der Waals surface area contributed by atoms with Crippen LogP contribution in [0.15, 0.2) is 22.7 Å². The Balaban J connectivity index is 1.63. The molecule has 3 heterocycles. The van der Waals surface area contributed by atoms with E-state index in [0.717, 1.165) is 17.4 Å². The van der Waals surface area contributed by atoms with Crippen molar-refractivity contribution in [1.29, 1.82) is 0 Å². The molecule has 1 fully saturated rings. The normalized spacial score (nSPS) is 25.6. The highest BCUT2D eigenvalue weighted by Crippen LogP contribution is 2.38. The van der Waals surface area contributed by atoms with Crippen LogP contribution in [0.2, 0.25) is 0 Å². The number of aromatic nitrogens is 3. The average Bonchev–Trinajstić information content (AvgIpc) is 3.08. The molecule has 6 heteroatoms. The van der Waals surface area contributed by atoms with Crippen LogP contribution >= 0.6 is 23.1 Å². The van der Waals surface area contributed by atoms with Crippen LogP contribution in [0.25, 0.3) is 0 Å². The van der Waals surface area contributed by atoms with Crippen LogP contribution in [0.1, 0.15) is 30.0 Å². The number of rotatable bonds is 2. The summed E-state index contributed by atoms with van der Waals surface area (Å²) in [7, 11) is 0. The predicted octanol–water partition coefficient (Wildman–Crippen LogP) is 2.50. The molecule has 2 aromatic rings. The van der Waals surface area contributed by atoms with Crippen molar-refractivity contribution in [2.75, 3.05) is 5.43 Å². The molecule has 18 heavy (non-hydrogen) atoms. The number of fused-ring (bicyclic) bond motifs is 2. The minimum atomic E-state index is 0.598. The van der Waals surface area contributed by atoms with E-state index in [2.05, 4.69) is 37.8 Å². The molecule has 4 rings (SSSR count). The van der Waals surface area contributed by atoms with Gasteiger partial charge in [-0.05, 0) is 24.3 Å². The first-order chi connectivity index (χ1) is 8.90. The van der Waals surface area contributed by atoms with Crippen molar-refractivity contribution >= 4 is 23.1 Å². The van der Waals surface area contributed by atoms with Gasteiger partial charge in [-0.25, -0.2) is 4.68 Å². The van der Waals surface area contributed by atoms with Crippen LogP contribution in [0.5, 0.6) is 0 Å². The summed E-state index contributed by atoms with van der Waals surface area (Å²) in [6.07, 6.45) is 4.77. The fraction of sp³-hybridized carbons (Fsp3) is 0.500. The number of nitrogens with zero attached hydrogens (tertiary/aromatic N) is 3. The standard InChI is InChI=1S/C12H14N4S2/c1-4-9-10(5-1)18-12-14-13-11(16(12)15-9)7-8-3-2-6-17-8/h2-3,6,9-10,15H,1,4-5,7H2. The molecule has 2 aliphatic rings. The van der Waals surface area contributed by atoms with E-state index in [1.54, 1.807) is 11.3 Å². The Kier molecular flexibility index (Phi) is 2.58. The van der Waals surface area contributed by atoms with Gasteiger partial charge in [-0.3, -0.25) is 0 Å². The largest absolute Gasteiger partial charge is 0.318 e. The maximum Gasteiger partial charge on any atom is 0.210 e. The quantitative estimate of drug-likeness (QED) is 0.916. The van der Waals surface area contributed by atoms with Gasteiger partial charge in [-0.2, -0.15) is 0 Å². The molecule has 0 spiro atoms. The molecule has 0 saturated heterocycles. The van der Waals surface area contributed by atoms with E-state index in [4.69, 9.17) is 0 Å². The highest BCUT2D eigenvalue weighted by Gasteiger charge is 2.35. The van der Waals surface area contributed by atoms with Crippen molar-refractivity contribution in [3.05, 3.63) is 28.2 Å². The van der Waals surface area contributed by atoms with Crippen molar-refractivity contribution in [3.63, 3.8) is 0 Å². The predicted molar refractivity (Wildman–Crippen MR) is 73.8 cm³/mol. The van der Waals surface area contributed by atoms with Crippen molar-refractivity contribution in [1.82, 2.24) is 14.9 Å². The van der Waals surface area contributed by atoms with E-state index in [1.165, 1.54) is 24.1 Å². The zero-order valence-electron chi connectivity index (χ0n) is 9.87. The molecule has 1 aliphatic carbocycles. The molecule has 1 N–H and O–H groups in total. The van der Waals surface area contributed by atoms with E-state index in [9.17, 15) is 0 Å². The van der Waals surface area contributed by atoms with Gasteiger partial charge in [0.05, 0.1) is 6.04 Å². The van der Waals surface area contributed by atoms with Crippen molar-refractivity contribution in [2.24, 2.45) is 0 Å². The molecule has 0 amide bonds. The Bertz CT molecular complexity index is 548. The van der Waals surface area contributed by atoms with Gasteiger partial charge in [0, 0.05) is 16.5 Å². The second-order valence-corrected chi connectivity index (χ2v) is 7.05. The number of thiophene rings is 1. The van der Waals surface area contributed by atoms with Crippen LogP contribution in [0, 0.1) is 0 Å². The zero-order valence-corrected chi connectivity index (χ0v) is 11.5. The Morgan fingerprint density at radius 2 is 2.39 bits per heavy atom. The fourth-order valence-electron chi connectivity index (χ4n) is 2.71. The minimum absolute atomic E-state index is 0.598. The van der Waals surface area contributed by atoms with E-state index in [-0.39, 0.29) is 0 Å². The molecule has 0 bridgehead atoms. The molecular weight excluding hydrogens is 264 g/mol. The highest BCUT2D eigenvalue weighted by atomic mass is 32.2. The third-order valence-electron chi connectivity index (χ3n) is 3.62. The SMILES string of the molecule is c1csc(Cc2nnc3n2NC2CCCC2S3)c1. The molecule has 2 unspecified atom stereocenters. The van der Waals surface area contributed by atoms with Crippen LogP contribution in [-0.4, -0.2) is 26.2 Å². The molecular formula is C12H14N4S2. The van der Waals surface area contributed by atoms with Gasteiger partial charge in [0.15, 0.2) is 5.82 Å². The second kappa shape index (κ2) is 4.28. The number of thioether (sulfide) groups is 1. The van der Waals surface area contributed by atoms with Crippen LogP contribution < -0.4 is 5.43 Å². The molecule has 2 atom stereocenters. The summed E-state index contributed by atoms with van der Waals surface area (Å²) in [6, 6.07) is 4.84. The molecule has 4 nitrogen and oxygen atoms in total. The third-order valence-corrected chi connectivity index (χ3v) is 5.84. The lowest BCUT2D eigenvalue weighted by atomic mass is 10.2. The van der Waals surface area contributed by atoms with Crippen LogP contribution in [-0.2, 0) is 6.42 Å². The summed E-state index contributed by atoms with van der Waals surface area (Å²) >= 11 is 3.67. The smallest absolute Gasteiger partial charge is 0.210 e. The minimum Gasteiger partial charge on any atom is -0.318 e. The summed E-state index contributed by atoms with van der Waals surface area (Å²) < 4.78 is 2.11. The Morgan fingerprint density at radius 3 is 3.28 bits per heavy atom. The Hall–Kier alpha value is -1.01. The van der Waals surface area contributed by atoms with Crippen molar-refractivity contribution < 1.29 is 0 Å². The van der Waals surface area contributed by atoms with Gasteiger partial charge < -0.3 is 5.43 Å². The third kappa shape index (κ3) is 1.75. The molecule has 0 radical (unpaired) electrons. The van der Waals surface area contributed by atoms with Gasteiger partial charge in [-0.1, -0.05) is 24.2 Å². The maximum atomic E-state index is 4.34. The molecule has 2 aromatic heterocycles. The first-order valence-corrected chi connectivity index (χ1v) is 8.06. The van der Waals surface area contributed by atoms with E-state index in [1.807, 2.05) is 11.8 Å². The molecule has 1 aliphatic heterocycles. The second-order valence-electron chi connectivity index (χ2n) is 4.81. The molecule has 94 valence electrons. The van der Waals surface area contributed by atoms with Gasteiger partial charge in [0.1, 0.15) is 0 Å². The van der Waals surface area contributed by atoms with Gasteiger partial charge in [0.2, 0.25) is 5.16 Å². The Morgan fingerprint density at radius 1 is 1.39 bits per heavy atom. The van der Waals surface area contributed by atoms with Gasteiger partial charge in [-0.15, -0.1) is 21.5 Å². The molecule has 1 saturated carbocycles. The van der Waals surface area contributed by atoms with Crippen molar-refractivity contribution in [2.45, 2.75) is 42.1 Å². The summed E-state index contributed by atoms with van der Waals surface area (Å²) in [4.78, 5) is 1.34. The van der Waals surface area contributed by atoms with E-state index in [0.29, 0.717) is 11.3 Å². The summed E-state index contributed by atoms with van der Waals surface area (Å²) in [5.41, 5.74) is 3.60. The first kappa shape index (κ1) is 10.9. The zero-order chi connectivity index (χ0) is 11.9. The average molecular weight is 278 g/mol. The van der Waals surface area contributed by atoms with E-state index < -0.39 is 0 Å². The summed E-state index contributed by atoms with van der Waals surface area (Å²) in [5.74, 6) is 1.03.